The lowest BCUT2D eigenvalue weighted by atomic mass is 10.2. The van der Waals surface area contributed by atoms with E-state index in [1.807, 2.05) is 11.8 Å². The van der Waals surface area contributed by atoms with E-state index >= 15 is 0 Å². The molecule has 0 aromatic carbocycles. The second kappa shape index (κ2) is 5.91. The van der Waals surface area contributed by atoms with Gasteiger partial charge in [-0.2, -0.15) is 16.7 Å². The topological polar surface area (TPSA) is 63.8 Å². The van der Waals surface area contributed by atoms with Crippen molar-refractivity contribution in [3.8, 4) is 0 Å². The van der Waals surface area contributed by atoms with Gasteiger partial charge in [0.15, 0.2) is 0 Å². The van der Waals surface area contributed by atoms with Gasteiger partial charge in [-0.1, -0.05) is 13.3 Å². The summed E-state index contributed by atoms with van der Waals surface area (Å²) in [6, 6.07) is 2.17. The lowest BCUT2D eigenvalue weighted by Gasteiger charge is -2.20. The molecular formula is C11H17BrN4S. The minimum Gasteiger partial charge on any atom is -0.383 e. The van der Waals surface area contributed by atoms with Crippen molar-refractivity contribution in [3.05, 3.63) is 10.7 Å². The Kier molecular flexibility index (Phi) is 4.50. The summed E-state index contributed by atoms with van der Waals surface area (Å²) in [6.07, 6.45) is 3.74. The minimum absolute atomic E-state index is 0.466. The third-order valence-corrected chi connectivity index (χ3v) is 4.59. The molecule has 0 saturated heterocycles. The molecule has 3 N–H and O–H groups in total. The van der Waals surface area contributed by atoms with Crippen molar-refractivity contribution in [2.45, 2.75) is 37.5 Å². The largest absolute Gasteiger partial charge is 0.383 e. The van der Waals surface area contributed by atoms with Crippen molar-refractivity contribution in [1.82, 2.24) is 9.97 Å². The van der Waals surface area contributed by atoms with Crippen LogP contribution in [0.5, 0.6) is 0 Å². The highest BCUT2D eigenvalue weighted by Gasteiger charge is 2.27. The summed E-state index contributed by atoms with van der Waals surface area (Å²) in [6.45, 7) is 2.20. The number of rotatable bonds is 4. The average Bonchev–Trinajstić information content (AvgIpc) is 2.65. The number of nitrogen functional groups attached to an aromatic ring is 1. The van der Waals surface area contributed by atoms with E-state index < -0.39 is 0 Å². The molecule has 1 aromatic rings. The Morgan fingerprint density at radius 3 is 3.06 bits per heavy atom. The molecule has 0 aliphatic heterocycles. The van der Waals surface area contributed by atoms with Crippen LogP contribution in [0.1, 0.15) is 26.2 Å². The molecule has 0 radical (unpaired) electrons. The lowest BCUT2D eigenvalue weighted by Crippen LogP contribution is -2.27. The van der Waals surface area contributed by atoms with Gasteiger partial charge in [-0.3, -0.25) is 0 Å². The van der Waals surface area contributed by atoms with Crippen LogP contribution in [0.4, 0.5) is 11.8 Å². The first kappa shape index (κ1) is 13.0. The smallest absolute Gasteiger partial charge is 0.225 e. The lowest BCUT2D eigenvalue weighted by molar-refractivity contribution is 0.755. The number of halogens is 1. The molecule has 0 spiro atoms. The van der Waals surface area contributed by atoms with Crippen LogP contribution in [0.2, 0.25) is 0 Å². The maximum absolute atomic E-state index is 5.70. The van der Waals surface area contributed by atoms with Crippen molar-refractivity contribution in [3.63, 3.8) is 0 Å². The van der Waals surface area contributed by atoms with Crippen molar-refractivity contribution in [2.24, 2.45) is 0 Å². The number of thioether (sulfide) groups is 1. The average molecular weight is 317 g/mol. The molecule has 1 aliphatic rings. The third kappa shape index (κ3) is 3.48. The van der Waals surface area contributed by atoms with E-state index in [-0.39, 0.29) is 0 Å². The summed E-state index contributed by atoms with van der Waals surface area (Å²) in [4.78, 5) is 8.51. The predicted octanol–water partition coefficient (Wildman–Crippen LogP) is 2.91. The van der Waals surface area contributed by atoms with E-state index in [4.69, 9.17) is 5.73 Å². The van der Waals surface area contributed by atoms with Gasteiger partial charge in [0.1, 0.15) is 10.4 Å². The molecule has 2 unspecified atom stereocenters. The summed E-state index contributed by atoms with van der Waals surface area (Å²) in [5, 5.41) is 4.07. The van der Waals surface area contributed by atoms with Crippen molar-refractivity contribution >= 4 is 39.5 Å². The van der Waals surface area contributed by atoms with Crippen LogP contribution in [-0.4, -0.2) is 27.0 Å². The highest BCUT2D eigenvalue weighted by molar-refractivity contribution is 9.10. The number of aromatic nitrogens is 2. The first-order chi connectivity index (χ1) is 8.19. The number of nitrogens with two attached hydrogens (primary N) is 1. The standard InChI is InChI=1S/C11H17BrN4S/c1-2-17-8-5-3-4-7(8)14-11-15-9(12)6-10(13)16-11/h6-8H,2-5H2,1H3,(H3,13,14,15,16). The van der Waals surface area contributed by atoms with E-state index in [0.717, 1.165) is 10.4 Å². The van der Waals surface area contributed by atoms with Crippen LogP contribution < -0.4 is 11.1 Å². The van der Waals surface area contributed by atoms with E-state index in [1.165, 1.54) is 19.3 Å². The normalized spacial score (nSPS) is 23.9. The van der Waals surface area contributed by atoms with Crippen LogP contribution in [-0.2, 0) is 0 Å². The predicted molar refractivity (Wildman–Crippen MR) is 77.3 cm³/mol. The zero-order valence-electron chi connectivity index (χ0n) is 9.82. The number of anilines is 2. The van der Waals surface area contributed by atoms with Crippen LogP contribution in [0, 0.1) is 0 Å². The zero-order chi connectivity index (χ0) is 12.3. The van der Waals surface area contributed by atoms with Gasteiger partial charge >= 0.3 is 0 Å². The fourth-order valence-electron chi connectivity index (χ4n) is 2.17. The van der Waals surface area contributed by atoms with Crippen LogP contribution in [0.15, 0.2) is 10.7 Å². The Bertz CT molecular complexity index is 367. The fourth-order valence-corrected chi connectivity index (χ4v) is 3.77. The Morgan fingerprint density at radius 1 is 1.53 bits per heavy atom. The van der Waals surface area contributed by atoms with E-state index in [0.29, 0.717) is 23.1 Å². The number of nitrogens with zero attached hydrogens (tertiary/aromatic N) is 2. The van der Waals surface area contributed by atoms with Gasteiger partial charge in [-0.15, -0.1) is 0 Å². The number of hydrogen-bond acceptors (Lipinski definition) is 5. The van der Waals surface area contributed by atoms with E-state index in [1.54, 1.807) is 6.07 Å². The van der Waals surface area contributed by atoms with Crippen LogP contribution >= 0.6 is 27.7 Å². The quantitative estimate of drug-likeness (QED) is 0.836. The monoisotopic (exact) mass is 316 g/mol. The van der Waals surface area contributed by atoms with E-state index in [9.17, 15) is 0 Å². The molecule has 2 atom stereocenters. The highest BCUT2D eigenvalue weighted by Crippen LogP contribution is 2.31. The fraction of sp³-hybridized carbons (Fsp3) is 0.636. The number of hydrogen-bond donors (Lipinski definition) is 2. The Morgan fingerprint density at radius 2 is 2.35 bits per heavy atom. The second-order valence-corrected chi connectivity index (χ2v) is 6.44. The van der Waals surface area contributed by atoms with Gasteiger partial charge in [0.05, 0.1) is 0 Å². The Labute approximate surface area is 114 Å². The molecule has 94 valence electrons. The molecule has 6 heteroatoms. The van der Waals surface area contributed by atoms with Crippen molar-refractivity contribution in [2.75, 3.05) is 16.8 Å². The molecule has 4 nitrogen and oxygen atoms in total. The first-order valence-electron chi connectivity index (χ1n) is 5.87. The molecule has 1 saturated carbocycles. The molecule has 0 bridgehead atoms. The molecule has 1 fully saturated rings. The first-order valence-corrected chi connectivity index (χ1v) is 7.71. The summed E-state index contributed by atoms with van der Waals surface area (Å²) in [7, 11) is 0. The SMILES string of the molecule is CCSC1CCCC1Nc1nc(N)cc(Br)n1. The maximum atomic E-state index is 5.70. The Hall–Kier alpha value is -0.490. The molecule has 2 rings (SSSR count). The maximum Gasteiger partial charge on any atom is 0.225 e. The summed E-state index contributed by atoms with van der Waals surface area (Å²) < 4.78 is 0.727. The van der Waals surface area contributed by atoms with Gasteiger partial charge < -0.3 is 11.1 Å². The van der Waals surface area contributed by atoms with Gasteiger partial charge in [0.25, 0.3) is 0 Å². The van der Waals surface area contributed by atoms with Gasteiger partial charge in [-0.25, -0.2) is 4.98 Å². The molecule has 1 aliphatic carbocycles. The van der Waals surface area contributed by atoms with Gasteiger partial charge in [0, 0.05) is 17.4 Å². The Balaban J connectivity index is 2.04. The van der Waals surface area contributed by atoms with Crippen molar-refractivity contribution < 1.29 is 0 Å². The van der Waals surface area contributed by atoms with E-state index in [2.05, 4.69) is 38.1 Å². The molecule has 1 aromatic heterocycles. The summed E-state index contributed by atoms with van der Waals surface area (Å²) in [5.74, 6) is 2.28. The minimum atomic E-state index is 0.466. The van der Waals surface area contributed by atoms with Crippen molar-refractivity contribution in [1.29, 1.82) is 0 Å². The molecule has 17 heavy (non-hydrogen) atoms. The van der Waals surface area contributed by atoms with Gasteiger partial charge in [-0.05, 0) is 34.5 Å². The molecular weight excluding hydrogens is 300 g/mol. The summed E-state index contributed by atoms with van der Waals surface area (Å²) >= 11 is 5.35. The molecule has 0 amide bonds. The van der Waals surface area contributed by atoms with Crippen LogP contribution in [0.25, 0.3) is 0 Å². The number of nitrogens with one attached hydrogen (secondary N) is 1. The highest BCUT2D eigenvalue weighted by atomic mass is 79.9. The second-order valence-electron chi connectivity index (χ2n) is 4.11. The van der Waals surface area contributed by atoms with Gasteiger partial charge in [0.2, 0.25) is 5.95 Å². The third-order valence-electron chi connectivity index (χ3n) is 2.86. The summed E-state index contributed by atoms with van der Waals surface area (Å²) in [5.41, 5.74) is 5.70. The molecule has 1 heterocycles. The zero-order valence-corrected chi connectivity index (χ0v) is 12.2. The van der Waals surface area contributed by atoms with Crippen LogP contribution in [0.3, 0.4) is 0 Å².